The second-order valence-electron chi connectivity index (χ2n) is 7.99. The van der Waals surface area contributed by atoms with Crippen molar-refractivity contribution in [3.8, 4) is 21.8 Å². The van der Waals surface area contributed by atoms with E-state index in [0.717, 1.165) is 43.8 Å². The van der Waals surface area contributed by atoms with Gasteiger partial charge in [0, 0.05) is 27.6 Å². The average molecular weight is 488 g/mol. The lowest BCUT2D eigenvalue weighted by molar-refractivity contribution is -0.132. The summed E-state index contributed by atoms with van der Waals surface area (Å²) >= 11 is 1.44. The van der Waals surface area contributed by atoms with E-state index in [0.29, 0.717) is 0 Å². The summed E-state index contributed by atoms with van der Waals surface area (Å²) in [5, 5.41) is 9.08. The van der Waals surface area contributed by atoms with Crippen LogP contribution in [0.25, 0.3) is 32.7 Å². The van der Waals surface area contributed by atoms with Crippen LogP contribution in [-0.2, 0) is 4.79 Å². The van der Waals surface area contributed by atoms with Crippen LogP contribution in [-0.4, -0.2) is 16.1 Å². The quantitative estimate of drug-likeness (QED) is 0.180. The smallest absolute Gasteiger partial charge is 0.333 e. The minimum absolute atomic E-state index is 0.296. The minimum atomic E-state index is -1.22. The number of anilines is 3. The van der Waals surface area contributed by atoms with Crippen LogP contribution < -0.4 is 4.90 Å². The fourth-order valence-corrected chi connectivity index (χ4v) is 4.88. The molecule has 5 nitrogen and oxygen atoms in total. The summed E-state index contributed by atoms with van der Waals surface area (Å²) < 4.78 is 0. The zero-order valence-electron chi connectivity index (χ0n) is 19.1. The summed E-state index contributed by atoms with van der Waals surface area (Å²) in [7, 11) is 0. The highest BCUT2D eigenvalue weighted by Gasteiger charge is 2.13. The normalized spacial score (nSPS) is 11.1. The van der Waals surface area contributed by atoms with Crippen LogP contribution in [0.1, 0.15) is 4.88 Å². The van der Waals surface area contributed by atoms with Gasteiger partial charge in [-0.2, -0.15) is 0 Å². The van der Waals surface area contributed by atoms with Gasteiger partial charge in [0.1, 0.15) is 0 Å². The van der Waals surface area contributed by atoms with Gasteiger partial charge in [-0.05, 0) is 72.3 Å². The van der Waals surface area contributed by atoms with E-state index in [2.05, 4.69) is 63.3 Å². The summed E-state index contributed by atoms with van der Waals surface area (Å²) in [4.78, 5) is 21.6. The molecule has 0 aliphatic carbocycles. The first-order valence-electron chi connectivity index (χ1n) is 11.2. The van der Waals surface area contributed by atoms with Gasteiger partial charge in [-0.25, -0.2) is 4.85 Å². The molecule has 5 aromatic rings. The van der Waals surface area contributed by atoms with Gasteiger partial charge in [0.25, 0.3) is 5.70 Å². The number of aliphatic carboxylic acids is 1. The number of carboxylic acid groups (broad SMARTS) is 1. The zero-order chi connectivity index (χ0) is 24.9. The number of thiophene rings is 1. The van der Waals surface area contributed by atoms with Gasteiger partial charge in [0.2, 0.25) is 0 Å². The van der Waals surface area contributed by atoms with Crippen molar-refractivity contribution in [2.24, 2.45) is 0 Å². The third-order valence-electron chi connectivity index (χ3n) is 5.66. The number of H-pyrrole nitrogens is 1. The fourth-order valence-electron chi connectivity index (χ4n) is 3.95. The van der Waals surface area contributed by atoms with Crippen molar-refractivity contribution in [1.29, 1.82) is 0 Å². The molecule has 36 heavy (non-hydrogen) atoms. The van der Waals surface area contributed by atoms with Gasteiger partial charge < -0.3 is 15.0 Å². The molecule has 2 heterocycles. The summed E-state index contributed by atoms with van der Waals surface area (Å²) in [5.41, 5.74) is 5.93. The Kier molecular flexibility index (Phi) is 6.48. The van der Waals surface area contributed by atoms with Crippen molar-refractivity contribution in [1.82, 2.24) is 4.98 Å². The number of benzene rings is 3. The van der Waals surface area contributed by atoms with Gasteiger partial charge in [-0.15, -0.1) is 11.3 Å². The van der Waals surface area contributed by atoms with Crippen LogP contribution in [0.4, 0.5) is 17.1 Å². The summed E-state index contributed by atoms with van der Waals surface area (Å²) in [6.07, 6.45) is 1.40. The number of para-hydroxylation sites is 2. The molecule has 2 N–H and O–H groups in total. The Morgan fingerprint density at radius 2 is 1.36 bits per heavy atom. The molecule has 0 saturated heterocycles. The van der Waals surface area contributed by atoms with Gasteiger partial charge >= 0.3 is 5.97 Å². The molecule has 0 aliphatic heterocycles. The lowest BCUT2D eigenvalue weighted by Gasteiger charge is -2.25. The molecule has 0 amide bonds. The Morgan fingerprint density at radius 3 is 1.94 bits per heavy atom. The van der Waals surface area contributed by atoms with Crippen molar-refractivity contribution in [2.75, 3.05) is 4.90 Å². The second kappa shape index (κ2) is 10.2. The molecular weight excluding hydrogens is 466 g/mol. The first-order valence-corrected chi connectivity index (χ1v) is 12.1. The third kappa shape index (κ3) is 4.83. The molecule has 0 unspecified atom stereocenters. The molecule has 0 radical (unpaired) electrons. The number of nitrogens with zero attached hydrogens (tertiary/aromatic N) is 2. The van der Waals surface area contributed by atoms with Crippen molar-refractivity contribution in [3.05, 3.63) is 131 Å². The molecule has 5 rings (SSSR count). The highest BCUT2D eigenvalue weighted by atomic mass is 32.1. The summed E-state index contributed by atoms with van der Waals surface area (Å²) in [6.45, 7) is 7.02. The number of carboxylic acids is 1. The van der Waals surface area contributed by atoms with Crippen LogP contribution in [0.5, 0.6) is 0 Å². The van der Waals surface area contributed by atoms with Crippen molar-refractivity contribution >= 4 is 40.4 Å². The first kappa shape index (κ1) is 22.9. The minimum Gasteiger partial charge on any atom is -0.486 e. The lowest BCUT2D eigenvalue weighted by atomic mass is 10.1. The maximum Gasteiger partial charge on any atom is 0.333 e. The number of rotatable bonds is 7. The average Bonchev–Trinajstić information content (AvgIpc) is 3.59. The molecule has 0 saturated carbocycles. The van der Waals surface area contributed by atoms with Crippen LogP contribution in [0, 0.1) is 6.57 Å². The molecule has 0 fully saturated rings. The largest absolute Gasteiger partial charge is 0.486 e. The monoisotopic (exact) mass is 487 g/mol. The van der Waals surface area contributed by atoms with Gasteiger partial charge in [0.05, 0.1) is 17.1 Å². The highest BCUT2D eigenvalue weighted by molar-refractivity contribution is 7.16. The number of hydrogen-bond donors (Lipinski definition) is 2. The van der Waals surface area contributed by atoms with Gasteiger partial charge in [-0.1, -0.05) is 48.5 Å². The topological polar surface area (TPSA) is 60.7 Å². The van der Waals surface area contributed by atoms with E-state index in [-0.39, 0.29) is 5.70 Å². The van der Waals surface area contributed by atoms with E-state index in [1.54, 1.807) is 0 Å². The van der Waals surface area contributed by atoms with Crippen molar-refractivity contribution in [2.45, 2.75) is 0 Å². The predicted octanol–water partition coefficient (Wildman–Crippen LogP) is 8.22. The third-order valence-corrected chi connectivity index (χ3v) is 6.73. The fraction of sp³-hybridized carbons (Fsp3) is 0. The molecular formula is C30H21N3O2S. The molecule has 0 aliphatic rings. The van der Waals surface area contributed by atoms with Gasteiger partial charge in [0.15, 0.2) is 0 Å². The Bertz CT molecular complexity index is 1520. The molecule has 2 aromatic heterocycles. The Hall–Kier alpha value is -4.86. The Balaban J connectivity index is 1.41. The molecule has 6 heteroatoms. The maximum absolute atomic E-state index is 11.1. The Labute approximate surface area is 213 Å². The molecule has 0 spiro atoms. The van der Waals surface area contributed by atoms with Crippen LogP contribution in [0.2, 0.25) is 0 Å². The van der Waals surface area contributed by atoms with E-state index in [9.17, 15) is 4.79 Å². The van der Waals surface area contributed by atoms with Crippen LogP contribution >= 0.6 is 11.3 Å². The number of hydrogen-bond acceptors (Lipinski definition) is 3. The van der Waals surface area contributed by atoms with E-state index >= 15 is 0 Å². The van der Waals surface area contributed by atoms with E-state index in [4.69, 9.17) is 11.7 Å². The predicted molar refractivity (Wildman–Crippen MR) is 146 cm³/mol. The lowest BCUT2D eigenvalue weighted by Crippen LogP contribution is -2.09. The standard InChI is InChI=1S/C30H21N3O2S/c1-31-28(30(34)35)20-25-16-19-29(36-25)27-18-17-26(32-27)21-12-14-24(15-13-21)33(22-8-4-2-5-9-22)23-10-6-3-7-11-23/h2-20,32H,(H,34,35). The summed E-state index contributed by atoms with van der Waals surface area (Å²) in [6, 6.07) is 36.8. The van der Waals surface area contributed by atoms with Gasteiger partial charge in [-0.3, -0.25) is 4.79 Å². The number of nitrogens with one attached hydrogen (secondary N) is 1. The Morgan fingerprint density at radius 1 is 0.778 bits per heavy atom. The first-order chi connectivity index (χ1) is 17.6. The molecule has 0 bridgehead atoms. The molecule has 174 valence electrons. The van der Waals surface area contributed by atoms with Crippen molar-refractivity contribution < 1.29 is 9.90 Å². The SMILES string of the molecule is [C-]#[N+]C(=Cc1ccc(-c2ccc(-c3ccc(N(c4ccccc4)c4ccccc4)cc3)[nH]2)s1)C(=O)O. The van der Waals surface area contributed by atoms with E-state index in [1.165, 1.54) is 17.4 Å². The number of carbonyl (C=O) groups is 1. The summed E-state index contributed by atoms with van der Waals surface area (Å²) in [5.74, 6) is -1.22. The zero-order valence-corrected chi connectivity index (χ0v) is 19.9. The highest BCUT2D eigenvalue weighted by Crippen LogP contribution is 2.36. The van der Waals surface area contributed by atoms with Crippen molar-refractivity contribution in [3.63, 3.8) is 0 Å². The van der Waals surface area contributed by atoms with Crippen LogP contribution in [0.15, 0.2) is 115 Å². The molecule has 0 atom stereocenters. The number of aromatic nitrogens is 1. The maximum atomic E-state index is 11.1. The van der Waals surface area contributed by atoms with Crippen LogP contribution in [0.3, 0.4) is 0 Å². The second-order valence-corrected chi connectivity index (χ2v) is 9.10. The number of aromatic amines is 1. The van der Waals surface area contributed by atoms with E-state index < -0.39 is 5.97 Å². The van der Waals surface area contributed by atoms with E-state index in [1.807, 2.05) is 60.7 Å². The molecule has 3 aromatic carbocycles.